The van der Waals surface area contributed by atoms with Crippen molar-refractivity contribution in [2.45, 2.75) is 15.1 Å². The number of ketones is 2. The Balaban J connectivity index is 1.58. The van der Waals surface area contributed by atoms with Crippen molar-refractivity contribution in [3.63, 3.8) is 0 Å². The van der Waals surface area contributed by atoms with E-state index >= 15 is 0 Å². The van der Waals surface area contributed by atoms with Gasteiger partial charge in [-0.15, -0.1) is 0 Å². The van der Waals surface area contributed by atoms with Crippen LogP contribution in [0, 0.1) is 16.0 Å². The second kappa shape index (κ2) is 10.5. The highest BCUT2D eigenvalue weighted by Crippen LogP contribution is 2.44. The Kier molecular flexibility index (Phi) is 7.27. The third-order valence-corrected chi connectivity index (χ3v) is 9.92. The zero-order valence-corrected chi connectivity index (χ0v) is 23.1. The first-order chi connectivity index (χ1) is 19.0. The van der Waals surface area contributed by atoms with Crippen LogP contribution in [0.5, 0.6) is 0 Å². The number of nitrogens with zero attached hydrogens (tertiary/aromatic N) is 3. The van der Waals surface area contributed by atoms with Crippen LogP contribution < -0.4 is 4.90 Å². The molecule has 1 fully saturated rings. The van der Waals surface area contributed by atoms with Crippen LogP contribution in [0.4, 0.5) is 10.8 Å². The van der Waals surface area contributed by atoms with Crippen molar-refractivity contribution in [2.24, 2.45) is 5.92 Å². The van der Waals surface area contributed by atoms with Crippen LogP contribution in [0.1, 0.15) is 22.0 Å². The maximum Gasteiger partial charge on any atom is 0.297 e. The molecule has 5 rings (SSSR count). The summed E-state index contributed by atoms with van der Waals surface area (Å²) in [6.07, 6.45) is 1.03. The van der Waals surface area contributed by atoms with Crippen LogP contribution in [0.3, 0.4) is 0 Å². The molecule has 4 aromatic rings. The average molecular weight is 616 g/mol. The van der Waals surface area contributed by atoms with Crippen molar-refractivity contribution >= 4 is 72.7 Å². The largest absolute Gasteiger partial charge is 0.297 e. The van der Waals surface area contributed by atoms with Gasteiger partial charge in [0.05, 0.1) is 22.1 Å². The molecule has 0 saturated carbocycles. The molecule has 2 atom stereocenters. The minimum Gasteiger partial charge on any atom is -0.293 e. The number of nitro benzene ring substituents is 1. The molecule has 1 aliphatic rings. The van der Waals surface area contributed by atoms with E-state index in [2.05, 4.69) is 4.98 Å². The lowest BCUT2D eigenvalue weighted by Gasteiger charge is -2.25. The second-order valence-corrected chi connectivity index (χ2v) is 12.7. The van der Waals surface area contributed by atoms with Gasteiger partial charge in [0.25, 0.3) is 11.6 Å². The lowest BCUT2D eigenvalue weighted by molar-refractivity contribution is -0.384. The fourth-order valence-corrected chi connectivity index (χ4v) is 7.19. The Morgan fingerprint density at radius 1 is 0.975 bits per heavy atom. The summed E-state index contributed by atoms with van der Waals surface area (Å²) in [5.74, 6) is -4.12. The number of hydrogen-bond acceptors (Lipinski definition) is 9. The summed E-state index contributed by atoms with van der Waals surface area (Å²) in [7, 11) is -4.18. The maximum atomic E-state index is 13.5. The number of rotatable bonds is 7. The van der Waals surface area contributed by atoms with Crippen molar-refractivity contribution in [3.8, 4) is 0 Å². The SMILES string of the molecule is O=C1C(=O)N(c2ncc(S(=O)(=O)c3ccc([N+](=O)[O-])cc3)s2)C(c2cccc(Cl)c2)C1C(=O)c1ccc(Cl)cc1. The van der Waals surface area contributed by atoms with Crippen molar-refractivity contribution in [1.29, 1.82) is 0 Å². The molecule has 0 N–H and O–H groups in total. The quantitative estimate of drug-likeness (QED) is 0.0889. The fraction of sp³-hybridized carbons (Fsp3) is 0.0769. The van der Waals surface area contributed by atoms with Crippen LogP contribution in [-0.4, -0.2) is 35.8 Å². The predicted molar refractivity (Wildman–Crippen MR) is 147 cm³/mol. The molecule has 1 aliphatic heterocycles. The van der Waals surface area contributed by atoms with Gasteiger partial charge < -0.3 is 0 Å². The number of amides is 1. The zero-order valence-electron chi connectivity index (χ0n) is 19.9. The number of non-ortho nitro benzene ring substituents is 1. The zero-order chi connectivity index (χ0) is 28.8. The third-order valence-electron chi connectivity index (χ3n) is 6.21. The first-order valence-electron chi connectivity index (χ1n) is 11.4. The van der Waals surface area contributed by atoms with Gasteiger partial charge in [-0.1, -0.05) is 46.7 Å². The molecule has 14 heteroatoms. The Hall–Kier alpha value is -3.97. The van der Waals surface area contributed by atoms with E-state index in [1.165, 1.54) is 30.3 Å². The van der Waals surface area contributed by atoms with E-state index in [4.69, 9.17) is 23.2 Å². The molecule has 2 heterocycles. The molecular formula is C26H15Cl2N3O7S2. The van der Waals surface area contributed by atoms with Crippen molar-refractivity contribution < 1.29 is 27.7 Å². The Bertz CT molecular complexity index is 1790. The van der Waals surface area contributed by atoms with E-state index in [0.717, 1.165) is 35.4 Å². The van der Waals surface area contributed by atoms with Crippen molar-refractivity contribution in [3.05, 3.63) is 110 Å². The highest BCUT2D eigenvalue weighted by Gasteiger charge is 2.53. The molecular weight excluding hydrogens is 601 g/mol. The Morgan fingerprint density at radius 2 is 1.65 bits per heavy atom. The summed E-state index contributed by atoms with van der Waals surface area (Å²) < 4.78 is 26.2. The maximum absolute atomic E-state index is 13.5. The number of carbonyl (C=O) groups excluding carboxylic acids is 3. The fourth-order valence-electron chi connectivity index (χ4n) is 4.31. The molecule has 1 aromatic heterocycles. The number of hydrogen-bond donors (Lipinski definition) is 0. The van der Waals surface area contributed by atoms with Gasteiger partial charge >= 0.3 is 0 Å². The molecule has 0 radical (unpaired) electrons. The number of nitro groups is 1. The van der Waals surface area contributed by atoms with Gasteiger partial charge in [-0.05, 0) is 54.1 Å². The summed E-state index contributed by atoms with van der Waals surface area (Å²) in [6, 6.07) is 15.3. The molecule has 202 valence electrons. The van der Waals surface area contributed by atoms with Crippen LogP contribution in [-0.2, 0) is 19.4 Å². The van der Waals surface area contributed by atoms with E-state index in [1.54, 1.807) is 18.2 Å². The second-order valence-electron chi connectivity index (χ2n) is 8.60. The van der Waals surface area contributed by atoms with E-state index in [0.29, 0.717) is 26.9 Å². The first kappa shape index (κ1) is 27.6. The smallest absolute Gasteiger partial charge is 0.293 e. The molecule has 10 nitrogen and oxygen atoms in total. The predicted octanol–water partition coefficient (Wildman–Crippen LogP) is 5.35. The average Bonchev–Trinajstić information content (AvgIpc) is 3.52. The number of halogens is 2. The molecule has 0 aliphatic carbocycles. The van der Waals surface area contributed by atoms with Gasteiger partial charge in [-0.2, -0.15) is 0 Å². The topological polar surface area (TPSA) is 145 Å². The molecule has 40 heavy (non-hydrogen) atoms. The van der Waals surface area contributed by atoms with E-state index in [1.807, 2.05) is 0 Å². The number of sulfone groups is 1. The summed E-state index contributed by atoms with van der Waals surface area (Å²) in [5.41, 5.74) is 0.241. The van der Waals surface area contributed by atoms with Crippen LogP contribution >= 0.6 is 34.5 Å². The highest BCUT2D eigenvalue weighted by atomic mass is 35.5. The first-order valence-corrected chi connectivity index (χ1v) is 14.4. The third kappa shape index (κ3) is 4.90. The monoisotopic (exact) mass is 615 g/mol. The summed E-state index contributed by atoms with van der Waals surface area (Å²) in [5, 5.41) is 11.5. The van der Waals surface area contributed by atoms with Gasteiger partial charge in [0.2, 0.25) is 15.6 Å². The summed E-state index contributed by atoms with van der Waals surface area (Å²) in [6.45, 7) is 0. The molecule has 1 amide bonds. The van der Waals surface area contributed by atoms with Gasteiger partial charge in [0.1, 0.15) is 10.1 Å². The van der Waals surface area contributed by atoms with E-state index in [9.17, 15) is 32.9 Å². The number of thiazole rings is 1. The van der Waals surface area contributed by atoms with Crippen LogP contribution in [0.2, 0.25) is 10.0 Å². The van der Waals surface area contributed by atoms with Crippen LogP contribution in [0.25, 0.3) is 0 Å². The highest BCUT2D eigenvalue weighted by molar-refractivity contribution is 7.93. The normalized spacial score (nSPS) is 17.3. The number of carbonyl (C=O) groups is 3. The van der Waals surface area contributed by atoms with Gasteiger partial charge in [-0.3, -0.25) is 29.4 Å². The van der Waals surface area contributed by atoms with E-state index in [-0.39, 0.29) is 25.5 Å². The Morgan fingerprint density at radius 3 is 2.27 bits per heavy atom. The van der Waals surface area contributed by atoms with Gasteiger partial charge in [0, 0.05) is 27.7 Å². The number of aromatic nitrogens is 1. The number of benzene rings is 3. The standard InChI is InChI=1S/C26H15Cl2N3O7S2/c27-16-6-4-14(5-7-16)23(32)21-22(15-2-1-3-17(28)12-15)30(25(34)24(21)33)26-29-13-20(39-26)40(37,38)19-10-8-18(9-11-19)31(35)36/h1-13,21-22H. The lowest BCUT2D eigenvalue weighted by atomic mass is 9.86. The van der Waals surface area contributed by atoms with Gasteiger partial charge in [0.15, 0.2) is 10.9 Å². The molecule has 1 saturated heterocycles. The minimum absolute atomic E-state index is 0.129. The molecule has 0 spiro atoms. The molecule has 0 bridgehead atoms. The van der Waals surface area contributed by atoms with Crippen molar-refractivity contribution in [1.82, 2.24) is 4.98 Å². The Labute approximate surface area is 240 Å². The van der Waals surface area contributed by atoms with Crippen molar-refractivity contribution in [2.75, 3.05) is 4.90 Å². The van der Waals surface area contributed by atoms with E-state index < -0.39 is 44.2 Å². The summed E-state index contributed by atoms with van der Waals surface area (Å²) >= 11 is 12.7. The minimum atomic E-state index is -4.18. The van der Waals surface area contributed by atoms with Gasteiger partial charge in [-0.25, -0.2) is 13.4 Å². The lowest BCUT2D eigenvalue weighted by Crippen LogP contribution is -2.30. The molecule has 3 aromatic carbocycles. The number of Topliss-reactive ketones (excluding diaryl/α,β-unsaturated/α-hetero) is 2. The van der Waals surface area contributed by atoms with Crippen LogP contribution in [0.15, 0.2) is 88.1 Å². The molecule has 2 unspecified atom stereocenters. The summed E-state index contributed by atoms with van der Waals surface area (Å²) in [4.78, 5) is 55.3. The number of anilines is 1.